The van der Waals surface area contributed by atoms with Gasteiger partial charge in [-0.05, 0) is 20.3 Å². The van der Waals surface area contributed by atoms with Crippen LogP contribution in [-0.2, 0) is 19.0 Å². The largest absolute Gasteiger partial charge is 0.466 e. The zero-order valence-corrected chi connectivity index (χ0v) is 11.4. The molecule has 0 amide bonds. The van der Waals surface area contributed by atoms with E-state index in [1.54, 1.807) is 6.08 Å². The number of aliphatic hydroxyl groups is 1. The molecule has 0 aromatic heterocycles. The fourth-order valence-electron chi connectivity index (χ4n) is 1.81. The van der Waals surface area contributed by atoms with Crippen LogP contribution in [0.3, 0.4) is 0 Å². The lowest BCUT2D eigenvalue weighted by Gasteiger charge is -2.24. The minimum Gasteiger partial charge on any atom is -0.466 e. The van der Waals surface area contributed by atoms with Gasteiger partial charge in [-0.2, -0.15) is 0 Å². The maximum Gasteiger partial charge on any atom is 0.330 e. The summed E-state index contributed by atoms with van der Waals surface area (Å²) >= 11 is 0. The van der Waals surface area contributed by atoms with Gasteiger partial charge in [-0.15, -0.1) is 0 Å². The Bertz CT molecular complexity index is 311. The number of ether oxygens (including phenoxy) is 3. The van der Waals surface area contributed by atoms with Gasteiger partial charge in [-0.25, -0.2) is 4.79 Å². The van der Waals surface area contributed by atoms with Crippen molar-refractivity contribution in [3.63, 3.8) is 0 Å². The van der Waals surface area contributed by atoms with Crippen LogP contribution in [0.1, 0.15) is 27.2 Å². The van der Waals surface area contributed by atoms with Crippen LogP contribution in [0.5, 0.6) is 0 Å². The third-order valence-electron chi connectivity index (χ3n) is 3.06. The minimum absolute atomic E-state index is 0.0610. The van der Waals surface area contributed by atoms with E-state index in [1.165, 1.54) is 13.2 Å². The molecule has 1 aliphatic heterocycles. The molecular formula is C13H22O5. The van der Waals surface area contributed by atoms with E-state index in [0.29, 0.717) is 13.0 Å². The number of methoxy groups -OCH3 is 1. The fraction of sp³-hybridized carbons (Fsp3) is 0.769. The van der Waals surface area contributed by atoms with Crippen LogP contribution in [0, 0.1) is 5.92 Å². The van der Waals surface area contributed by atoms with Crippen LogP contribution in [0.25, 0.3) is 0 Å². The Morgan fingerprint density at radius 3 is 2.78 bits per heavy atom. The summed E-state index contributed by atoms with van der Waals surface area (Å²) in [6.45, 7) is 6.09. The summed E-state index contributed by atoms with van der Waals surface area (Å²) in [5.74, 6) is -1.06. The van der Waals surface area contributed by atoms with E-state index in [2.05, 4.69) is 4.74 Å². The highest BCUT2D eigenvalue weighted by molar-refractivity contribution is 5.81. The second kappa shape index (κ2) is 6.31. The molecule has 1 N–H and O–H groups in total. The summed E-state index contributed by atoms with van der Waals surface area (Å²) < 4.78 is 15.6. The zero-order chi connectivity index (χ0) is 13.8. The molecule has 1 rings (SSSR count). The highest BCUT2D eigenvalue weighted by atomic mass is 16.7. The lowest BCUT2D eigenvalue weighted by Crippen LogP contribution is -2.32. The average Bonchev–Trinajstić information content (AvgIpc) is 2.68. The third-order valence-corrected chi connectivity index (χ3v) is 3.06. The minimum atomic E-state index is -0.583. The van der Waals surface area contributed by atoms with E-state index in [9.17, 15) is 9.90 Å². The summed E-state index contributed by atoms with van der Waals surface area (Å²) in [7, 11) is 1.32. The Hall–Kier alpha value is -0.910. The molecule has 3 atom stereocenters. The number of aliphatic hydroxyl groups excluding tert-OH is 1. The Kier molecular flexibility index (Phi) is 5.31. The summed E-state index contributed by atoms with van der Waals surface area (Å²) in [5, 5.41) is 9.99. The van der Waals surface area contributed by atoms with Crippen molar-refractivity contribution in [2.75, 3.05) is 13.7 Å². The van der Waals surface area contributed by atoms with Crippen molar-refractivity contribution in [1.29, 1.82) is 0 Å². The molecule has 1 heterocycles. The third kappa shape index (κ3) is 4.40. The van der Waals surface area contributed by atoms with E-state index >= 15 is 0 Å². The quantitative estimate of drug-likeness (QED) is 0.594. The standard InChI is InChI=1S/C13H22O5/c1-9(11-8-17-13(2,3)18-11)10(14)6-5-7-12(15)16-4/h5,7,9-11,14H,6,8H2,1-4H3/b7-5+/t9-,10+,11-/m1/s1. The second-order valence-corrected chi connectivity index (χ2v) is 4.95. The summed E-state index contributed by atoms with van der Waals surface area (Å²) in [5.41, 5.74) is 0. The van der Waals surface area contributed by atoms with Crippen LogP contribution in [-0.4, -0.2) is 42.8 Å². The van der Waals surface area contributed by atoms with Gasteiger partial charge in [0.25, 0.3) is 0 Å². The molecule has 104 valence electrons. The first-order chi connectivity index (χ1) is 8.35. The van der Waals surface area contributed by atoms with Crippen molar-refractivity contribution in [3.05, 3.63) is 12.2 Å². The summed E-state index contributed by atoms with van der Waals surface area (Å²) in [6, 6.07) is 0. The predicted octanol–water partition coefficient (Wildman–Crippen LogP) is 1.25. The van der Waals surface area contributed by atoms with Crippen LogP contribution < -0.4 is 0 Å². The maximum atomic E-state index is 10.9. The van der Waals surface area contributed by atoms with E-state index < -0.39 is 17.9 Å². The van der Waals surface area contributed by atoms with Gasteiger partial charge in [0.1, 0.15) is 0 Å². The lowest BCUT2D eigenvalue weighted by atomic mass is 9.96. The van der Waals surface area contributed by atoms with Crippen molar-refractivity contribution in [1.82, 2.24) is 0 Å². The Morgan fingerprint density at radius 2 is 2.28 bits per heavy atom. The molecule has 0 unspecified atom stereocenters. The molecule has 0 saturated carbocycles. The Morgan fingerprint density at radius 1 is 1.61 bits per heavy atom. The van der Waals surface area contributed by atoms with Gasteiger partial charge < -0.3 is 19.3 Å². The average molecular weight is 258 g/mol. The first kappa shape index (κ1) is 15.1. The van der Waals surface area contributed by atoms with Crippen molar-refractivity contribution >= 4 is 5.97 Å². The molecule has 1 aliphatic rings. The number of carbonyl (C=O) groups is 1. The molecule has 0 spiro atoms. The lowest BCUT2D eigenvalue weighted by molar-refractivity contribution is -0.148. The number of hydrogen-bond acceptors (Lipinski definition) is 5. The van der Waals surface area contributed by atoms with Gasteiger partial charge >= 0.3 is 5.97 Å². The molecule has 0 aliphatic carbocycles. The van der Waals surface area contributed by atoms with Gasteiger partial charge in [0.2, 0.25) is 0 Å². The molecule has 18 heavy (non-hydrogen) atoms. The number of esters is 1. The molecular weight excluding hydrogens is 236 g/mol. The molecule has 0 aromatic rings. The highest BCUT2D eigenvalue weighted by Gasteiger charge is 2.37. The first-order valence-electron chi connectivity index (χ1n) is 6.10. The maximum absolute atomic E-state index is 10.9. The van der Waals surface area contributed by atoms with Crippen LogP contribution in [0.15, 0.2) is 12.2 Å². The molecule has 1 fully saturated rings. The van der Waals surface area contributed by atoms with Crippen LogP contribution >= 0.6 is 0 Å². The monoisotopic (exact) mass is 258 g/mol. The Labute approximate surface area is 108 Å². The van der Waals surface area contributed by atoms with Gasteiger partial charge in [-0.3, -0.25) is 0 Å². The van der Waals surface area contributed by atoms with E-state index in [1.807, 2.05) is 20.8 Å². The fourth-order valence-corrected chi connectivity index (χ4v) is 1.81. The van der Waals surface area contributed by atoms with Crippen LogP contribution in [0.2, 0.25) is 0 Å². The van der Waals surface area contributed by atoms with Gasteiger partial charge in [-0.1, -0.05) is 13.0 Å². The molecule has 5 heteroatoms. The SMILES string of the molecule is COC(=O)/C=C/C[C@H](O)[C@@H](C)[C@H]1COC(C)(C)O1. The van der Waals surface area contributed by atoms with Gasteiger partial charge in [0, 0.05) is 12.0 Å². The normalized spacial score (nSPS) is 26.2. The second-order valence-electron chi connectivity index (χ2n) is 4.95. The summed E-state index contributed by atoms with van der Waals surface area (Å²) in [6.07, 6.45) is 2.60. The topological polar surface area (TPSA) is 65.0 Å². The van der Waals surface area contributed by atoms with Gasteiger partial charge in [0.05, 0.1) is 25.9 Å². The molecule has 0 radical (unpaired) electrons. The smallest absolute Gasteiger partial charge is 0.330 e. The van der Waals surface area contributed by atoms with E-state index in [4.69, 9.17) is 9.47 Å². The van der Waals surface area contributed by atoms with Crippen molar-refractivity contribution in [3.8, 4) is 0 Å². The van der Waals surface area contributed by atoms with Gasteiger partial charge in [0.15, 0.2) is 5.79 Å². The summed E-state index contributed by atoms with van der Waals surface area (Å²) in [4.78, 5) is 10.9. The number of carbonyl (C=O) groups excluding carboxylic acids is 1. The van der Waals surface area contributed by atoms with E-state index in [-0.39, 0.29) is 12.0 Å². The van der Waals surface area contributed by atoms with Crippen molar-refractivity contribution in [2.24, 2.45) is 5.92 Å². The van der Waals surface area contributed by atoms with E-state index in [0.717, 1.165) is 0 Å². The highest BCUT2D eigenvalue weighted by Crippen LogP contribution is 2.28. The predicted molar refractivity (Wildman–Crippen MR) is 65.8 cm³/mol. The van der Waals surface area contributed by atoms with Crippen molar-refractivity contribution in [2.45, 2.75) is 45.2 Å². The first-order valence-corrected chi connectivity index (χ1v) is 6.10. The molecule has 1 saturated heterocycles. The Balaban J connectivity index is 2.40. The number of hydrogen-bond donors (Lipinski definition) is 1. The molecule has 0 bridgehead atoms. The molecule has 0 aromatic carbocycles. The van der Waals surface area contributed by atoms with Crippen molar-refractivity contribution < 1.29 is 24.1 Å². The molecule has 5 nitrogen and oxygen atoms in total. The number of rotatable bonds is 5. The zero-order valence-electron chi connectivity index (χ0n) is 11.4. The van der Waals surface area contributed by atoms with Crippen LogP contribution in [0.4, 0.5) is 0 Å².